The molecule has 0 spiro atoms. The van der Waals surface area contributed by atoms with Gasteiger partial charge in [0.25, 0.3) is 0 Å². The Morgan fingerprint density at radius 3 is 2.18 bits per heavy atom. The maximum absolute atomic E-state index is 11.7. The number of carbonyl (C=O) groups excluding carboxylic acids is 1. The van der Waals surface area contributed by atoms with E-state index in [0.29, 0.717) is 25.9 Å². The van der Waals surface area contributed by atoms with E-state index in [1.54, 1.807) is 20.8 Å². The zero-order valence-electron chi connectivity index (χ0n) is 13.2. The summed E-state index contributed by atoms with van der Waals surface area (Å²) in [7, 11) is 0. The molecule has 1 atom stereocenters. The molecule has 1 rings (SSSR count). The van der Waals surface area contributed by atoms with Crippen molar-refractivity contribution in [1.82, 2.24) is 10.2 Å². The number of rotatable bonds is 4. The normalized spacial score (nSPS) is 17.7. The van der Waals surface area contributed by atoms with Crippen LogP contribution in [0.2, 0.25) is 0 Å². The van der Waals surface area contributed by atoms with Gasteiger partial charge in [0.05, 0.1) is 0 Å². The number of carbonyl (C=O) groups is 3. The van der Waals surface area contributed by atoms with E-state index in [1.165, 1.54) is 4.90 Å². The molecule has 0 radical (unpaired) electrons. The number of hydrogen-bond acceptors (Lipinski definition) is 4. The van der Waals surface area contributed by atoms with Gasteiger partial charge in [-0.3, -0.25) is 0 Å². The SMILES string of the molecule is CC(C)(C)OC(=O)NC(CC1CCN(C(=O)O)CC1)C(=O)O. The van der Waals surface area contributed by atoms with Gasteiger partial charge in [0, 0.05) is 13.1 Å². The summed E-state index contributed by atoms with van der Waals surface area (Å²) in [6.45, 7) is 5.87. The predicted molar refractivity (Wildman–Crippen MR) is 77.7 cm³/mol. The zero-order chi connectivity index (χ0) is 16.9. The van der Waals surface area contributed by atoms with E-state index in [4.69, 9.17) is 9.84 Å². The lowest BCUT2D eigenvalue weighted by atomic mass is 9.90. The van der Waals surface area contributed by atoms with Crippen LogP contribution in [0.1, 0.15) is 40.0 Å². The Balaban J connectivity index is 2.50. The van der Waals surface area contributed by atoms with Crippen LogP contribution in [0.3, 0.4) is 0 Å². The average Bonchev–Trinajstić information content (AvgIpc) is 2.36. The summed E-state index contributed by atoms with van der Waals surface area (Å²) < 4.78 is 5.06. The molecule has 8 nitrogen and oxygen atoms in total. The fraction of sp³-hybridized carbons (Fsp3) is 0.786. The molecule has 0 aromatic rings. The highest BCUT2D eigenvalue weighted by Gasteiger charge is 2.29. The van der Waals surface area contributed by atoms with E-state index in [9.17, 15) is 19.5 Å². The molecule has 1 saturated heterocycles. The Hall–Kier alpha value is -1.99. The molecule has 0 saturated carbocycles. The quantitative estimate of drug-likeness (QED) is 0.727. The first kappa shape index (κ1) is 18.1. The molecule has 126 valence electrons. The Bertz CT molecular complexity index is 424. The van der Waals surface area contributed by atoms with Crippen LogP contribution in [0.5, 0.6) is 0 Å². The maximum Gasteiger partial charge on any atom is 0.408 e. The lowest BCUT2D eigenvalue weighted by Gasteiger charge is -2.31. The molecule has 1 aliphatic rings. The third kappa shape index (κ3) is 6.19. The second-order valence-corrected chi connectivity index (χ2v) is 6.49. The highest BCUT2D eigenvalue weighted by molar-refractivity contribution is 5.80. The van der Waals surface area contributed by atoms with Crippen molar-refractivity contribution >= 4 is 18.2 Å². The van der Waals surface area contributed by atoms with Gasteiger partial charge < -0.3 is 25.2 Å². The van der Waals surface area contributed by atoms with Gasteiger partial charge in [-0.25, -0.2) is 14.4 Å². The van der Waals surface area contributed by atoms with Crippen LogP contribution in [0.4, 0.5) is 9.59 Å². The first-order valence-electron chi connectivity index (χ1n) is 7.28. The molecule has 22 heavy (non-hydrogen) atoms. The monoisotopic (exact) mass is 316 g/mol. The van der Waals surface area contributed by atoms with Crippen LogP contribution >= 0.6 is 0 Å². The zero-order valence-corrected chi connectivity index (χ0v) is 13.2. The topological polar surface area (TPSA) is 116 Å². The van der Waals surface area contributed by atoms with Crippen molar-refractivity contribution in [1.29, 1.82) is 0 Å². The first-order chi connectivity index (χ1) is 10.1. The lowest BCUT2D eigenvalue weighted by molar-refractivity contribution is -0.140. The highest BCUT2D eigenvalue weighted by atomic mass is 16.6. The van der Waals surface area contributed by atoms with Gasteiger partial charge in [-0.1, -0.05) is 0 Å². The summed E-state index contributed by atoms with van der Waals surface area (Å²) in [6, 6.07) is -1.03. The minimum absolute atomic E-state index is 0.0617. The van der Waals surface area contributed by atoms with Gasteiger partial charge >= 0.3 is 18.2 Å². The Morgan fingerprint density at radius 2 is 1.77 bits per heavy atom. The summed E-state index contributed by atoms with van der Waals surface area (Å²) in [6.07, 6.45) is -0.275. The number of carboxylic acids is 1. The van der Waals surface area contributed by atoms with E-state index >= 15 is 0 Å². The summed E-state index contributed by atoms with van der Waals surface area (Å²) in [5.41, 5.74) is -0.694. The number of nitrogens with one attached hydrogen (secondary N) is 1. The number of hydrogen-bond donors (Lipinski definition) is 3. The molecule has 3 N–H and O–H groups in total. The second-order valence-electron chi connectivity index (χ2n) is 6.49. The van der Waals surface area contributed by atoms with E-state index in [2.05, 4.69) is 5.32 Å². The van der Waals surface area contributed by atoms with Crippen LogP contribution in [0.25, 0.3) is 0 Å². The first-order valence-corrected chi connectivity index (χ1v) is 7.28. The van der Waals surface area contributed by atoms with Crippen molar-refractivity contribution in [3.8, 4) is 0 Å². The van der Waals surface area contributed by atoms with Gasteiger partial charge in [0.2, 0.25) is 0 Å². The number of amides is 2. The minimum atomic E-state index is -1.12. The standard InChI is InChI=1S/C14H24N2O6/c1-14(2,3)22-12(19)15-10(11(17)18)8-9-4-6-16(7-5-9)13(20)21/h9-10H,4-8H2,1-3H3,(H,15,19)(H,17,18)(H,20,21). The smallest absolute Gasteiger partial charge is 0.408 e. The van der Waals surface area contributed by atoms with E-state index < -0.39 is 29.8 Å². The molecule has 1 fully saturated rings. The van der Waals surface area contributed by atoms with Gasteiger partial charge in [-0.2, -0.15) is 0 Å². The molecule has 0 aromatic carbocycles. The maximum atomic E-state index is 11.7. The molecule has 2 amide bonds. The summed E-state index contributed by atoms with van der Waals surface area (Å²) >= 11 is 0. The molecule has 8 heteroatoms. The average molecular weight is 316 g/mol. The van der Waals surface area contributed by atoms with Crippen LogP contribution in [-0.4, -0.2) is 58.0 Å². The van der Waals surface area contributed by atoms with Gasteiger partial charge in [0.15, 0.2) is 0 Å². The van der Waals surface area contributed by atoms with Crippen molar-refractivity contribution in [2.75, 3.05) is 13.1 Å². The Labute approximate surface area is 129 Å². The number of ether oxygens (including phenoxy) is 1. The van der Waals surface area contributed by atoms with E-state index in [0.717, 1.165) is 0 Å². The summed E-state index contributed by atoms with van der Waals surface area (Å²) in [4.78, 5) is 35.1. The van der Waals surface area contributed by atoms with Gasteiger partial charge in [-0.05, 0) is 46.0 Å². The van der Waals surface area contributed by atoms with E-state index in [1.807, 2.05) is 0 Å². The molecule has 0 aliphatic carbocycles. The van der Waals surface area contributed by atoms with Crippen molar-refractivity contribution in [2.24, 2.45) is 5.92 Å². The molecular weight excluding hydrogens is 292 g/mol. The van der Waals surface area contributed by atoms with Gasteiger partial charge in [0.1, 0.15) is 11.6 Å². The summed E-state index contributed by atoms with van der Waals surface area (Å²) in [5.74, 6) is -1.06. The van der Waals surface area contributed by atoms with Crippen LogP contribution in [-0.2, 0) is 9.53 Å². The van der Waals surface area contributed by atoms with Crippen molar-refractivity contribution in [3.63, 3.8) is 0 Å². The number of carboxylic acid groups (broad SMARTS) is 2. The van der Waals surface area contributed by atoms with Crippen molar-refractivity contribution < 1.29 is 29.3 Å². The van der Waals surface area contributed by atoms with Crippen LogP contribution in [0.15, 0.2) is 0 Å². The largest absolute Gasteiger partial charge is 0.480 e. The van der Waals surface area contributed by atoms with Gasteiger partial charge in [-0.15, -0.1) is 0 Å². The number of likely N-dealkylation sites (tertiary alicyclic amines) is 1. The Morgan fingerprint density at radius 1 is 1.23 bits per heavy atom. The summed E-state index contributed by atoms with van der Waals surface area (Å²) in [5, 5.41) is 20.5. The minimum Gasteiger partial charge on any atom is -0.480 e. The highest BCUT2D eigenvalue weighted by Crippen LogP contribution is 2.22. The lowest BCUT2D eigenvalue weighted by Crippen LogP contribution is -2.46. The van der Waals surface area contributed by atoms with Crippen LogP contribution in [0, 0.1) is 5.92 Å². The van der Waals surface area contributed by atoms with Crippen LogP contribution < -0.4 is 5.32 Å². The molecule has 1 heterocycles. The van der Waals surface area contributed by atoms with Crippen molar-refractivity contribution in [3.05, 3.63) is 0 Å². The fourth-order valence-electron chi connectivity index (χ4n) is 2.36. The van der Waals surface area contributed by atoms with E-state index in [-0.39, 0.29) is 12.3 Å². The third-order valence-electron chi connectivity index (χ3n) is 3.44. The molecule has 0 bridgehead atoms. The number of aliphatic carboxylic acids is 1. The molecule has 1 unspecified atom stereocenters. The fourth-order valence-corrected chi connectivity index (χ4v) is 2.36. The predicted octanol–water partition coefficient (Wildman–Crippen LogP) is 1.74. The molecule has 0 aromatic heterocycles. The number of piperidine rings is 1. The second kappa shape index (κ2) is 7.33. The Kier molecular flexibility index (Phi) is 6.01. The third-order valence-corrected chi connectivity index (χ3v) is 3.44. The number of alkyl carbamates (subject to hydrolysis) is 1. The molecular formula is C14H24N2O6. The number of nitrogens with zero attached hydrogens (tertiary/aromatic N) is 1. The van der Waals surface area contributed by atoms with Crippen molar-refractivity contribution in [2.45, 2.75) is 51.7 Å². The molecule has 1 aliphatic heterocycles.